The number of rotatable bonds is 9. The number of hydrogen-bond donors (Lipinski definition) is 2. The summed E-state index contributed by atoms with van der Waals surface area (Å²) < 4.78 is 66.9. The number of methoxy groups -OCH3 is 1. The second kappa shape index (κ2) is 11.2. The summed E-state index contributed by atoms with van der Waals surface area (Å²) in [6.45, 7) is 4.40. The van der Waals surface area contributed by atoms with Crippen LogP contribution >= 0.6 is 11.8 Å². The van der Waals surface area contributed by atoms with Crippen LogP contribution in [0.25, 0.3) is 0 Å². The van der Waals surface area contributed by atoms with Crippen LogP contribution in [0.1, 0.15) is 13.8 Å². The number of benzene rings is 2. The van der Waals surface area contributed by atoms with Crippen molar-refractivity contribution in [1.82, 2.24) is 4.31 Å². The minimum Gasteiger partial charge on any atom is -0.495 e. The Labute approximate surface area is 210 Å². The number of nitrogens with one attached hydrogen (secondary N) is 2. The number of ether oxygens (including phenoxy) is 2. The van der Waals surface area contributed by atoms with E-state index in [1.807, 2.05) is 6.26 Å². The number of carbonyl (C=O) groups excluding carboxylic acids is 1. The molecule has 0 radical (unpaired) electrons. The van der Waals surface area contributed by atoms with Gasteiger partial charge in [0.1, 0.15) is 10.6 Å². The van der Waals surface area contributed by atoms with Crippen molar-refractivity contribution in [3.8, 4) is 5.75 Å². The van der Waals surface area contributed by atoms with Gasteiger partial charge in [0.15, 0.2) is 0 Å². The van der Waals surface area contributed by atoms with Crippen molar-refractivity contribution >= 4 is 49.1 Å². The van der Waals surface area contributed by atoms with E-state index in [9.17, 15) is 21.6 Å². The zero-order valence-electron chi connectivity index (χ0n) is 19.9. The zero-order chi connectivity index (χ0) is 25.8. The quantitative estimate of drug-likeness (QED) is 0.462. The van der Waals surface area contributed by atoms with E-state index in [4.69, 9.17) is 9.47 Å². The molecule has 0 saturated carbocycles. The van der Waals surface area contributed by atoms with Crippen molar-refractivity contribution in [1.29, 1.82) is 0 Å². The Kier molecular flexibility index (Phi) is 8.70. The van der Waals surface area contributed by atoms with E-state index in [2.05, 4.69) is 10.0 Å². The molecule has 10 nitrogen and oxygen atoms in total. The van der Waals surface area contributed by atoms with Gasteiger partial charge in [-0.1, -0.05) is 13.8 Å². The van der Waals surface area contributed by atoms with E-state index >= 15 is 0 Å². The molecule has 1 amide bonds. The average Bonchev–Trinajstić information content (AvgIpc) is 2.84. The predicted molar refractivity (Wildman–Crippen MR) is 135 cm³/mol. The van der Waals surface area contributed by atoms with Crippen LogP contribution in [0, 0.1) is 5.92 Å². The first-order chi connectivity index (χ1) is 16.5. The van der Waals surface area contributed by atoms with Gasteiger partial charge in [-0.2, -0.15) is 4.31 Å². The summed E-state index contributed by atoms with van der Waals surface area (Å²) in [5.74, 6) is -0.424. The van der Waals surface area contributed by atoms with Gasteiger partial charge >= 0.3 is 0 Å². The number of thioether (sulfide) groups is 1. The van der Waals surface area contributed by atoms with E-state index in [-0.39, 0.29) is 59.4 Å². The van der Waals surface area contributed by atoms with Gasteiger partial charge in [-0.25, -0.2) is 16.8 Å². The first-order valence-electron chi connectivity index (χ1n) is 10.8. The number of carbonyl (C=O) groups is 1. The van der Waals surface area contributed by atoms with Crippen molar-refractivity contribution in [2.24, 2.45) is 5.92 Å². The summed E-state index contributed by atoms with van der Waals surface area (Å²) in [5.41, 5.74) is 0.434. The van der Waals surface area contributed by atoms with Gasteiger partial charge in [0.05, 0.1) is 36.6 Å². The fourth-order valence-electron chi connectivity index (χ4n) is 3.31. The van der Waals surface area contributed by atoms with Crippen molar-refractivity contribution in [3.05, 3.63) is 36.4 Å². The number of anilines is 2. The maximum atomic E-state index is 13.2. The molecular weight excluding hydrogens is 514 g/mol. The lowest BCUT2D eigenvalue weighted by atomic mass is 10.2. The van der Waals surface area contributed by atoms with E-state index in [0.29, 0.717) is 10.6 Å². The molecule has 13 heteroatoms. The highest BCUT2D eigenvalue weighted by atomic mass is 32.2. The number of morpholine rings is 1. The van der Waals surface area contributed by atoms with Crippen molar-refractivity contribution in [3.63, 3.8) is 0 Å². The Morgan fingerprint density at radius 2 is 1.77 bits per heavy atom. The minimum atomic E-state index is -4.10. The highest BCUT2D eigenvalue weighted by Gasteiger charge is 2.30. The van der Waals surface area contributed by atoms with Crippen LogP contribution in [-0.2, 0) is 29.6 Å². The van der Waals surface area contributed by atoms with Crippen LogP contribution in [0.4, 0.5) is 11.4 Å². The lowest BCUT2D eigenvalue weighted by Crippen LogP contribution is -2.40. The monoisotopic (exact) mass is 543 g/mol. The Morgan fingerprint density at radius 1 is 1.09 bits per heavy atom. The average molecular weight is 544 g/mol. The molecule has 1 fully saturated rings. The molecule has 1 aliphatic rings. The van der Waals surface area contributed by atoms with Gasteiger partial charge in [0.25, 0.3) is 10.0 Å². The third-order valence-electron chi connectivity index (χ3n) is 5.27. The molecule has 2 aromatic rings. The fraction of sp³-hybridized carbons (Fsp3) is 0.409. The number of sulfonamides is 2. The summed E-state index contributed by atoms with van der Waals surface area (Å²) in [7, 11) is -6.70. The second-order valence-corrected chi connectivity index (χ2v) is 12.4. The summed E-state index contributed by atoms with van der Waals surface area (Å²) in [6.07, 6.45) is 1.82. The molecule has 0 aliphatic carbocycles. The Morgan fingerprint density at radius 3 is 2.37 bits per heavy atom. The van der Waals surface area contributed by atoms with Gasteiger partial charge in [-0.15, -0.1) is 11.8 Å². The molecular formula is C22H29N3O7S3. The van der Waals surface area contributed by atoms with Gasteiger partial charge in [0.2, 0.25) is 15.9 Å². The fourth-order valence-corrected chi connectivity index (χ4v) is 6.51. The van der Waals surface area contributed by atoms with Crippen LogP contribution in [0.5, 0.6) is 5.75 Å². The van der Waals surface area contributed by atoms with Gasteiger partial charge < -0.3 is 14.8 Å². The summed E-state index contributed by atoms with van der Waals surface area (Å²) >= 11 is 1.37. The van der Waals surface area contributed by atoms with Gasteiger partial charge in [0, 0.05) is 23.9 Å². The zero-order valence-corrected chi connectivity index (χ0v) is 22.3. The lowest BCUT2D eigenvalue weighted by Gasteiger charge is -2.26. The first kappa shape index (κ1) is 27.3. The van der Waals surface area contributed by atoms with Crippen molar-refractivity contribution in [2.45, 2.75) is 28.5 Å². The molecule has 1 heterocycles. The summed E-state index contributed by atoms with van der Waals surface area (Å²) in [5, 5.41) is 2.75. The number of hydrogen-bond acceptors (Lipinski definition) is 8. The first-order valence-corrected chi connectivity index (χ1v) is 14.9. The molecule has 2 aromatic carbocycles. The molecule has 1 aliphatic heterocycles. The molecule has 1 saturated heterocycles. The van der Waals surface area contributed by atoms with E-state index in [1.165, 1.54) is 53.5 Å². The Balaban J connectivity index is 1.95. The smallest absolute Gasteiger partial charge is 0.261 e. The summed E-state index contributed by atoms with van der Waals surface area (Å²) in [4.78, 5) is 12.7. The van der Waals surface area contributed by atoms with Crippen LogP contribution in [0.2, 0.25) is 0 Å². The molecule has 0 atom stereocenters. The predicted octanol–water partition coefficient (Wildman–Crippen LogP) is 2.83. The molecule has 3 rings (SSSR count). The molecule has 2 N–H and O–H groups in total. The van der Waals surface area contributed by atoms with Crippen molar-refractivity contribution in [2.75, 3.05) is 49.7 Å². The van der Waals surface area contributed by atoms with Crippen LogP contribution in [0.3, 0.4) is 0 Å². The molecule has 0 aromatic heterocycles. The topological polar surface area (TPSA) is 131 Å². The number of nitrogens with zero attached hydrogens (tertiary/aromatic N) is 1. The van der Waals surface area contributed by atoms with Crippen LogP contribution in [-0.4, -0.2) is 66.7 Å². The summed E-state index contributed by atoms with van der Waals surface area (Å²) in [6, 6.07) is 8.47. The van der Waals surface area contributed by atoms with Gasteiger partial charge in [-0.3, -0.25) is 9.52 Å². The minimum absolute atomic E-state index is 0.0549. The van der Waals surface area contributed by atoms with Crippen LogP contribution < -0.4 is 14.8 Å². The molecule has 0 spiro atoms. The number of amides is 1. The SMILES string of the molecule is COc1ccc(NS(=O)(=O)c2ccc(SC)c(NC(=O)C(C)C)c2)cc1S(=O)(=O)N1CCOCC1. The standard InChI is InChI=1S/C22H29N3O7S3/c1-15(2)22(26)23-18-14-17(6-8-20(18)33-4)34(27,28)24-16-5-7-19(31-3)21(13-16)35(29,30)25-9-11-32-12-10-25/h5-8,13-15,24H,9-12H2,1-4H3,(H,23,26). The maximum Gasteiger partial charge on any atom is 0.261 e. The third kappa shape index (κ3) is 6.28. The highest BCUT2D eigenvalue weighted by molar-refractivity contribution is 7.98. The van der Waals surface area contributed by atoms with E-state index in [1.54, 1.807) is 19.9 Å². The second-order valence-electron chi connectivity index (χ2n) is 7.99. The molecule has 192 valence electrons. The molecule has 0 unspecified atom stereocenters. The normalized spacial score (nSPS) is 15.1. The molecule has 35 heavy (non-hydrogen) atoms. The van der Waals surface area contributed by atoms with E-state index in [0.717, 1.165) is 0 Å². The maximum absolute atomic E-state index is 13.2. The van der Waals surface area contributed by atoms with Crippen molar-refractivity contribution < 1.29 is 31.1 Å². The lowest BCUT2D eigenvalue weighted by molar-refractivity contribution is -0.118. The highest BCUT2D eigenvalue weighted by Crippen LogP contribution is 2.32. The van der Waals surface area contributed by atoms with E-state index < -0.39 is 20.0 Å². The molecule has 0 bridgehead atoms. The Bertz CT molecular complexity index is 1290. The third-order valence-corrected chi connectivity index (χ3v) is 9.36. The van der Waals surface area contributed by atoms with Gasteiger partial charge in [-0.05, 0) is 42.7 Å². The largest absolute Gasteiger partial charge is 0.495 e. The Hall–Kier alpha value is -2.32. The van der Waals surface area contributed by atoms with Crippen LogP contribution in [0.15, 0.2) is 51.1 Å².